The normalized spacial score (nSPS) is 19.4. The van der Waals surface area contributed by atoms with Gasteiger partial charge in [-0.15, -0.1) is 0 Å². The van der Waals surface area contributed by atoms with Crippen molar-refractivity contribution in [1.82, 2.24) is 9.97 Å². The summed E-state index contributed by atoms with van der Waals surface area (Å²) >= 11 is 0. The smallest absolute Gasteiger partial charge is 0.225 e. The number of hydrogen-bond donors (Lipinski definition) is 0. The standard InChI is InChI=1S/C20H25N3O3/c1-2-15-13-16(22-20(21-15)23-9-11-24-12-10-23)7-8-17-14-25-18-5-3-4-6-19(18)26-17/h3-6,13,17H,2,7-12,14H2,1H3/t17-/m1/s1. The van der Waals surface area contributed by atoms with Gasteiger partial charge in [-0.2, -0.15) is 0 Å². The molecule has 0 unspecified atom stereocenters. The number of hydrogen-bond acceptors (Lipinski definition) is 6. The zero-order valence-electron chi connectivity index (χ0n) is 15.2. The summed E-state index contributed by atoms with van der Waals surface area (Å²) in [6.07, 6.45) is 2.68. The van der Waals surface area contributed by atoms with Crippen molar-refractivity contribution in [1.29, 1.82) is 0 Å². The minimum atomic E-state index is 0.0526. The highest BCUT2D eigenvalue weighted by atomic mass is 16.6. The van der Waals surface area contributed by atoms with Gasteiger partial charge in [-0.1, -0.05) is 19.1 Å². The molecule has 0 radical (unpaired) electrons. The van der Waals surface area contributed by atoms with Gasteiger partial charge in [0.25, 0.3) is 0 Å². The summed E-state index contributed by atoms with van der Waals surface area (Å²) in [5.41, 5.74) is 2.16. The number of morpholine rings is 1. The summed E-state index contributed by atoms with van der Waals surface area (Å²) in [6.45, 7) is 5.89. The molecule has 0 amide bonds. The molecule has 0 N–H and O–H groups in total. The lowest BCUT2D eigenvalue weighted by molar-refractivity contribution is 0.0849. The number of ether oxygens (including phenoxy) is 3. The van der Waals surface area contributed by atoms with Crippen molar-refractivity contribution in [2.75, 3.05) is 37.8 Å². The molecule has 138 valence electrons. The molecule has 0 bridgehead atoms. The number of benzene rings is 1. The van der Waals surface area contributed by atoms with Gasteiger partial charge < -0.3 is 19.1 Å². The average Bonchev–Trinajstić information content (AvgIpc) is 2.72. The third-order valence-electron chi connectivity index (χ3n) is 4.77. The van der Waals surface area contributed by atoms with E-state index in [9.17, 15) is 0 Å². The summed E-state index contributed by atoms with van der Waals surface area (Å²) in [6, 6.07) is 9.94. The first-order valence-electron chi connectivity index (χ1n) is 9.40. The molecule has 1 saturated heterocycles. The molecule has 0 saturated carbocycles. The second-order valence-electron chi connectivity index (χ2n) is 6.64. The molecule has 1 atom stereocenters. The zero-order chi connectivity index (χ0) is 17.8. The average molecular weight is 355 g/mol. The summed E-state index contributed by atoms with van der Waals surface area (Å²) < 4.78 is 17.3. The van der Waals surface area contributed by atoms with Gasteiger partial charge in [-0.05, 0) is 37.5 Å². The van der Waals surface area contributed by atoms with Crippen LogP contribution >= 0.6 is 0 Å². The van der Waals surface area contributed by atoms with Crippen molar-refractivity contribution in [3.63, 3.8) is 0 Å². The molecule has 6 nitrogen and oxygen atoms in total. The van der Waals surface area contributed by atoms with Crippen molar-refractivity contribution in [2.24, 2.45) is 0 Å². The molecule has 1 fully saturated rings. The van der Waals surface area contributed by atoms with Crippen molar-refractivity contribution in [3.05, 3.63) is 41.7 Å². The van der Waals surface area contributed by atoms with Gasteiger partial charge in [0.2, 0.25) is 5.95 Å². The molecule has 6 heteroatoms. The van der Waals surface area contributed by atoms with Gasteiger partial charge >= 0.3 is 0 Å². The lowest BCUT2D eigenvalue weighted by atomic mass is 10.1. The number of rotatable bonds is 5. The summed E-state index contributed by atoms with van der Waals surface area (Å²) in [5.74, 6) is 2.48. The molecule has 4 rings (SSSR count). The Morgan fingerprint density at radius 2 is 1.85 bits per heavy atom. The predicted octanol–water partition coefficient (Wildman–Crippen LogP) is 2.65. The minimum Gasteiger partial charge on any atom is -0.486 e. The Bertz CT molecular complexity index is 747. The van der Waals surface area contributed by atoms with E-state index in [1.54, 1.807) is 0 Å². The van der Waals surface area contributed by atoms with Crippen LogP contribution in [0.3, 0.4) is 0 Å². The second-order valence-corrected chi connectivity index (χ2v) is 6.64. The van der Waals surface area contributed by atoms with Gasteiger partial charge in [0.05, 0.1) is 13.2 Å². The molecule has 3 heterocycles. The molecule has 0 aliphatic carbocycles. The van der Waals surface area contributed by atoms with Crippen molar-refractivity contribution in [3.8, 4) is 11.5 Å². The SMILES string of the molecule is CCc1cc(CC[C@@H]2COc3ccccc3O2)nc(N2CCOCC2)n1. The molecule has 0 spiro atoms. The van der Waals surface area contributed by atoms with E-state index in [1.165, 1.54) is 0 Å². The highest BCUT2D eigenvalue weighted by Gasteiger charge is 2.21. The van der Waals surface area contributed by atoms with Crippen molar-refractivity contribution < 1.29 is 14.2 Å². The third kappa shape index (κ3) is 3.90. The predicted molar refractivity (Wildman–Crippen MR) is 99.1 cm³/mol. The number of nitrogens with zero attached hydrogens (tertiary/aromatic N) is 3. The summed E-state index contributed by atoms with van der Waals surface area (Å²) in [5, 5.41) is 0. The van der Waals surface area contributed by atoms with Crippen LogP contribution in [0.4, 0.5) is 5.95 Å². The quantitative estimate of drug-likeness (QED) is 0.822. The van der Waals surface area contributed by atoms with Gasteiger partial charge in [-0.3, -0.25) is 0 Å². The second kappa shape index (κ2) is 7.91. The van der Waals surface area contributed by atoms with Gasteiger partial charge in [0.15, 0.2) is 11.5 Å². The Balaban J connectivity index is 1.43. The minimum absolute atomic E-state index is 0.0526. The molecule has 1 aromatic carbocycles. The highest BCUT2D eigenvalue weighted by molar-refractivity contribution is 5.40. The first-order chi connectivity index (χ1) is 12.8. The Hall–Kier alpha value is -2.34. The first-order valence-corrected chi connectivity index (χ1v) is 9.40. The maximum Gasteiger partial charge on any atom is 0.225 e. The molecule has 26 heavy (non-hydrogen) atoms. The number of para-hydroxylation sites is 2. The van der Waals surface area contributed by atoms with Crippen LogP contribution in [0.25, 0.3) is 0 Å². The summed E-state index contributed by atoms with van der Waals surface area (Å²) in [4.78, 5) is 11.7. The number of aromatic nitrogens is 2. The van der Waals surface area contributed by atoms with E-state index >= 15 is 0 Å². The number of anilines is 1. The Morgan fingerprint density at radius 3 is 2.65 bits per heavy atom. The molecule has 2 aliphatic heterocycles. The molecular weight excluding hydrogens is 330 g/mol. The maximum atomic E-state index is 6.06. The van der Waals surface area contributed by atoms with Crippen LogP contribution in [0.15, 0.2) is 30.3 Å². The van der Waals surface area contributed by atoms with Crippen molar-refractivity contribution in [2.45, 2.75) is 32.3 Å². The monoisotopic (exact) mass is 355 g/mol. The molecule has 2 aromatic rings. The molecule has 2 aliphatic rings. The van der Waals surface area contributed by atoms with Crippen LogP contribution in [0.5, 0.6) is 11.5 Å². The van der Waals surface area contributed by atoms with E-state index in [0.717, 1.165) is 74.4 Å². The van der Waals surface area contributed by atoms with Gasteiger partial charge in [-0.25, -0.2) is 9.97 Å². The Labute approximate surface area is 154 Å². The fourth-order valence-electron chi connectivity index (χ4n) is 3.27. The molecule has 1 aromatic heterocycles. The largest absolute Gasteiger partial charge is 0.486 e. The number of aryl methyl sites for hydroxylation is 2. The Morgan fingerprint density at radius 1 is 1.08 bits per heavy atom. The van der Waals surface area contributed by atoms with E-state index < -0.39 is 0 Å². The first kappa shape index (κ1) is 17.1. The van der Waals surface area contributed by atoms with Crippen LogP contribution < -0.4 is 14.4 Å². The fourth-order valence-corrected chi connectivity index (χ4v) is 3.27. The lowest BCUT2D eigenvalue weighted by Crippen LogP contribution is -2.37. The zero-order valence-corrected chi connectivity index (χ0v) is 15.2. The number of fused-ring (bicyclic) bond motifs is 1. The maximum absolute atomic E-state index is 6.06. The van der Waals surface area contributed by atoms with E-state index in [4.69, 9.17) is 24.2 Å². The topological polar surface area (TPSA) is 56.7 Å². The summed E-state index contributed by atoms with van der Waals surface area (Å²) in [7, 11) is 0. The van der Waals surface area contributed by atoms with E-state index in [0.29, 0.717) is 6.61 Å². The van der Waals surface area contributed by atoms with Crippen molar-refractivity contribution >= 4 is 5.95 Å². The van der Waals surface area contributed by atoms with E-state index in [-0.39, 0.29) is 6.10 Å². The van der Waals surface area contributed by atoms with Crippen LogP contribution in [0.1, 0.15) is 24.7 Å². The molecular formula is C20H25N3O3. The highest BCUT2D eigenvalue weighted by Crippen LogP contribution is 2.31. The van der Waals surface area contributed by atoms with Gasteiger partial charge in [0, 0.05) is 24.5 Å². The fraction of sp³-hybridized carbons (Fsp3) is 0.500. The lowest BCUT2D eigenvalue weighted by Gasteiger charge is -2.28. The van der Waals surface area contributed by atoms with Crippen LogP contribution in [0, 0.1) is 0 Å². The van der Waals surface area contributed by atoms with Gasteiger partial charge in [0.1, 0.15) is 12.7 Å². The third-order valence-corrected chi connectivity index (χ3v) is 4.77. The van der Waals surface area contributed by atoms with E-state index in [2.05, 4.69) is 17.9 Å². The van der Waals surface area contributed by atoms with Crippen LogP contribution in [-0.2, 0) is 17.6 Å². The van der Waals surface area contributed by atoms with Crippen LogP contribution in [-0.4, -0.2) is 49.0 Å². The van der Waals surface area contributed by atoms with E-state index in [1.807, 2.05) is 24.3 Å². The Kier molecular flexibility index (Phi) is 5.20. The van der Waals surface area contributed by atoms with Crippen LogP contribution in [0.2, 0.25) is 0 Å².